The molecule has 106 valence electrons. The number of carbonyl (C=O) groups excluding carboxylic acids is 1. The Morgan fingerprint density at radius 1 is 1.25 bits per heavy atom. The molecular formula is C15H15BrO4. The van der Waals surface area contributed by atoms with Gasteiger partial charge in [0.25, 0.3) is 0 Å². The van der Waals surface area contributed by atoms with Gasteiger partial charge >= 0.3 is 0 Å². The summed E-state index contributed by atoms with van der Waals surface area (Å²) >= 11 is 3.40. The Morgan fingerprint density at radius 3 is 2.65 bits per heavy atom. The van der Waals surface area contributed by atoms with Crippen molar-refractivity contribution < 1.29 is 18.7 Å². The summed E-state index contributed by atoms with van der Waals surface area (Å²) in [4.78, 5) is 12.2. The Kier molecular flexibility index (Phi) is 4.98. The molecule has 0 fully saturated rings. The van der Waals surface area contributed by atoms with Crippen LogP contribution < -0.4 is 4.74 Å². The molecule has 1 heterocycles. The first-order chi connectivity index (χ1) is 9.61. The van der Waals surface area contributed by atoms with Crippen LogP contribution in [0.5, 0.6) is 5.75 Å². The number of carbonyl (C=O) groups is 1. The number of methoxy groups -OCH3 is 1. The van der Waals surface area contributed by atoms with E-state index >= 15 is 0 Å². The van der Waals surface area contributed by atoms with Crippen molar-refractivity contribution in [2.75, 3.05) is 20.3 Å². The van der Waals surface area contributed by atoms with Gasteiger partial charge in [0, 0.05) is 12.7 Å². The molecular weight excluding hydrogens is 324 g/mol. The summed E-state index contributed by atoms with van der Waals surface area (Å²) in [5.74, 6) is 1.32. The van der Waals surface area contributed by atoms with E-state index in [2.05, 4.69) is 15.9 Å². The van der Waals surface area contributed by atoms with E-state index in [1.165, 1.54) is 6.26 Å². The van der Waals surface area contributed by atoms with Gasteiger partial charge in [0.2, 0.25) is 0 Å². The van der Waals surface area contributed by atoms with Crippen molar-refractivity contribution in [3.8, 4) is 5.75 Å². The third-order valence-corrected chi connectivity index (χ3v) is 3.35. The zero-order valence-corrected chi connectivity index (χ0v) is 12.9. The van der Waals surface area contributed by atoms with Gasteiger partial charge in [-0.3, -0.25) is 4.79 Å². The van der Waals surface area contributed by atoms with Crippen LogP contribution >= 0.6 is 15.9 Å². The molecule has 0 saturated heterocycles. The minimum absolute atomic E-state index is 0.0778. The van der Waals surface area contributed by atoms with Gasteiger partial charge in [-0.1, -0.05) is 0 Å². The maximum atomic E-state index is 12.2. The number of ketones is 1. The number of aryl methyl sites for hydroxylation is 1. The van der Waals surface area contributed by atoms with Gasteiger partial charge in [-0.25, -0.2) is 0 Å². The molecule has 2 aromatic rings. The summed E-state index contributed by atoms with van der Waals surface area (Å²) < 4.78 is 16.3. The van der Waals surface area contributed by atoms with Crippen molar-refractivity contribution >= 4 is 21.7 Å². The number of hydrogen-bond acceptors (Lipinski definition) is 4. The van der Waals surface area contributed by atoms with Crippen molar-refractivity contribution in [1.82, 2.24) is 0 Å². The van der Waals surface area contributed by atoms with Crippen LogP contribution in [-0.4, -0.2) is 26.1 Å². The monoisotopic (exact) mass is 338 g/mol. The topological polar surface area (TPSA) is 48.7 Å². The predicted octanol–water partition coefficient (Wildman–Crippen LogP) is 3.61. The van der Waals surface area contributed by atoms with Gasteiger partial charge in [0.15, 0.2) is 5.78 Å². The minimum Gasteiger partial charge on any atom is -0.490 e. The second kappa shape index (κ2) is 6.72. The van der Waals surface area contributed by atoms with Gasteiger partial charge < -0.3 is 13.9 Å². The largest absolute Gasteiger partial charge is 0.490 e. The van der Waals surface area contributed by atoms with Crippen molar-refractivity contribution in [1.29, 1.82) is 0 Å². The summed E-state index contributed by atoms with van der Waals surface area (Å²) in [6.07, 6.45) is 1.47. The van der Waals surface area contributed by atoms with E-state index in [-0.39, 0.29) is 5.78 Å². The quantitative estimate of drug-likeness (QED) is 0.596. The van der Waals surface area contributed by atoms with Gasteiger partial charge in [-0.05, 0) is 47.1 Å². The van der Waals surface area contributed by atoms with Crippen LogP contribution in [0.25, 0.3) is 0 Å². The summed E-state index contributed by atoms with van der Waals surface area (Å²) in [6.45, 7) is 2.78. The SMILES string of the molecule is COCCOc1ccc(C(=O)c2coc(C)c2)cc1Br. The number of benzene rings is 1. The van der Waals surface area contributed by atoms with Crippen LogP contribution in [0.1, 0.15) is 21.7 Å². The average molecular weight is 339 g/mol. The Balaban J connectivity index is 2.14. The lowest BCUT2D eigenvalue weighted by Crippen LogP contribution is -2.05. The fourth-order valence-corrected chi connectivity index (χ4v) is 2.22. The normalized spacial score (nSPS) is 10.6. The maximum absolute atomic E-state index is 12.2. The van der Waals surface area contributed by atoms with Crippen LogP contribution in [0, 0.1) is 6.92 Å². The molecule has 0 bridgehead atoms. The number of halogens is 1. The molecule has 1 aromatic carbocycles. The van der Waals surface area contributed by atoms with Crippen molar-refractivity contribution in [2.45, 2.75) is 6.92 Å². The van der Waals surface area contributed by atoms with E-state index in [0.29, 0.717) is 35.9 Å². The van der Waals surface area contributed by atoms with E-state index < -0.39 is 0 Å². The highest BCUT2D eigenvalue weighted by Gasteiger charge is 2.13. The second-order valence-electron chi connectivity index (χ2n) is 4.26. The number of hydrogen-bond donors (Lipinski definition) is 0. The first-order valence-electron chi connectivity index (χ1n) is 6.13. The van der Waals surface area contributed by atoms with E-state index in [0.717, 1.165) is 4.47 Å². The molecule has 2 rings (SSSR count). The molecule has 0 unspecified atom stereocenters. The van der Waals surface area contributed by atoms with E-state index in [1.54, 1.807) is 38.3 Å². The highest BCUT2D eigenvalue weighted by atomic mass is 79.9. The smallest absolute Gasteiger partial charge is 0.196 e. The first-order valence-corrected chi connectivity index (χ1v) is 6.92. The molecule has 0 radical (unpaired) electrons. The van der Waals surface area contributed by atoms with Gasteiger partial charge in [-0.15, -0.1) is 0 Å². The van der Waals surface area contributed by atoms with Crippen LogP contribution in [0.2, 0.25) is 0 Å². The highest BCUT2D eigenvalue weighted by Crippen LogP contribution is 2.27. The molecule has 0 aliphatic carbocycles. The Bertz CT molecular complexity index is 604. The zero-order valence-electron chi connectivity index (χ0n) is 11.3. The molecule has 20 heavy (non-hydrogen) atoms. The molecule has 0 aliphatic heterocycles. The molecule has 1 aromatic heterocycles. The van der Waals surface area contributed by atoms with E-state index in [9.17, 15) is 4.79 Å². The second-order valence-corrected chi connectivity index (χ2v) is 5.12. The van der Waals surface area contributed by atoms with E-state index in [4.69, 9.17) is 13.9 Å². The Morgan fingerprint density at radius 2 is 2.05 bits per heavy atom. The molecule has 0 amide bonds. The lowest BCUT2D eigenvalue weighted by molar-refractivity contribution is 0.103. The van der Waals surface area contributed by atoms with Crippen molar-refractivity contribution in [2.24, 2.45) is 0 Å². The third-order valence-electron chi connectivity index (χ3n) is 2.73. The third kappa shape index (κ3) is 3.49. The maximum Gasteiger partial charge on any atom is 0.196 e. The lowest BCUT2D eigenvalue weighted by Gasteiger charge is -2.08. The molecule has 0 atom stereocenters. The number of ether oxygens (including phenoxy) is 2. The zero-order chi connectivity index (χ0) is 14.5. The van der Waals surface area contributed by atoms with Gasteiger partial charge in [0.1, 0.15) is 24.4 Å². The minimum atomic E-state index is -0.0778. The van der Waals surface area contributed by atoms with Crippen LogP contribution in [-0.2, 0) is 4.74 Å². The molecule has 0 spiro atoms. The summed E-state index contributed by atoms with van der Waals surface area (Å²) in [7, 11) is 1.62. The Labute approximate surface area is 125 Å². The van der Waals surface area contributed by atoms with Crippen LogP contribution in [0.3, 0.4) is 0 Å². The molecule has 5 heteroatoms. The standard InChI is InChI=1S/C15H15BrO4/c1-10-7-12(9-20-10)15(17)11-3-4-14(13(16)8-11)19-6-5-18-2/h3-4,7-9H,5-6H2,1-2H3. The number of furan rings is 1. The molecule has 4 nitrogen and oxygen atoms in total. The fourth-order valence-electron chi connectivity index (χ4n) is 1.72. The number of rotatable bonds is 6. The summed E-state index contributed by atoms with van der Waals surface area (Å²) in [5.41, 5.74) is 1.12. The molecule has 0 aliphatic rings. The van der Waals surface area contributed by atoms with E-state index in [1.807, 2.05) is 0 Å². The van der Waals surface area contributed by atoms with Gasteiger partial charge in [0.05, 0.1) is 16.6 Å². The summed E-state index contributed by atoms with van der Waals surface area (Å²) in [6, 6.07) is 6.96. The molecule has 0 N–H and O–H groups in total. The van der Waals surface area contributed by atoms with Crippen molar-refractivity contribution in [3.63, 3.8) is 0 Å². The van der Waals surface area contributed by atoms with Gasteiger partial charge in [-0.2, -0.15) is 0 Å². The predicted molar refractivity (Wildman–Crippen MR) is 78.4 cm³/mol. The summed E-state index contributed by atoms with van der Waals surface area (Å²) in [5, 5.41) is 0. The van der Waals surface area contributed by atoms with Crippen LogP contribution in [0.4, 0.5) is 0 Å². The first kappa shape index (κ1) is 14.8. The van der Waals surface area contributed by atoms with Crippen LogP contribution in [0.15, 0.2) is 39.4 Å². The lowest BCUT2D eigenvalue weighted by atomic mass is 10.1. The Hall–Kier alpha value is -1.59. The fraction of sp³-hybridized carbons (Fsp3) is 0.267. The highest BCUT2D eigenvalue weighted by molar-refractivity contribution is 9.10. The molecule has 0 saturated carbocycles. The van der Waals surface area contributed by atoms with Crippen molar-refractivity contribution in [3.05, 3.63) is 51.9 Å². The average Bonchev–Trinajstić information content (AvgIpc) is 2.86.